The number of benzene rings is 1. The van der Waals surface area contributed by atoms with Crippen molar-refractivity contribution in [2.75, 3.05) is 0 Å². The normalized spacial score (nSPS) is 23.0. The summed E-state index contributed by atoms with van der Waals surface area (Å²) in [5, 5.41) is 12.5. The van der Waals surface area contributed by atoms with Crippen LogP contribution in [0.2, 0.25) is 0 Å². The molecule has 5 nitrogen and oxygen atoms in total. The Hall–Kier alpha value is -2.69. The number of nitrogens with zero attached hydrogens (tertiary/aromatic N) is 1. The van der Waals surface area contributed by atoms with Crippen LogP contribution in [0.3, 0.4) is 0 Å². The molecule has 0 unspecified atom stereocenters. The summed E-state index contributed by atoms with van der Waals surface area (Å²) >= 11 is 0. The molecule has 2 aromatic rings. The molecule has 2 aliphatic carbocycles. The molecule has 2 aliphatic rings. The predicted octanol–water partition coefficient (Wildman–Crippen LogP) is 4.06. The molecule has 0 bridgehead atoms. The fourth-order valence-corrected chi connectivity index (χ4v) is 4.36. The van der Waals surface area contributed by atoms with E-state index < -0.39 is 17.8 Å². The van der Waals surface area contributed by atoms with Crippen molar-refractivity contribution in [2.45, 2.75) is 50.5 Å². The van der Waals surface area contributed by atoms with E-state index in [-0.39, 0.29) is 11.9 Å². The number of rotatable bonds is 6. The molecule has 1 aromatic carbocycles. The number of carbonyl (C=O) groups excluding carboxylic acids is 1. The maximum Gasteiger partial charge on any atom is 0.307 e. The van der Waals surface area contributed by atoms with Crippen molar-refractivity contribution in [1.29, 1.82) is 0 Å². The lowest BCUT2D eigenvalue weighted by molar-refractivity contribution is -0.146. The lowest BCUT2D eigenvalue weighted by Gasteiger charge is -2.26. The third kappa shape index (κ3) is 3.79. The van der Waals surface area contributed by atoms with E-state index in [0.29, 0.717) is 18.8 Å². The van der Waals surface area contributed by atoms with Gasteiger partial charge in [0.05, 0.1) is 23.6 Å². The maximum absolute atomic E-state index is 12.9. The number of hydrogen-bond acceptors (Lipinski definition) is 3. The van der Waals surface area contributed by atoms with Gasteiger partial charge >= 0.3 is 5.97 Å². The first-order chi connectivity index (χ1) is 13.6. The first-order valence-electron chi connectivity index (χ1n) is 10.2. The number of nitrogens with one attached hydrogen (secondary N) is 1. The minimum Gasteiger partial charge on any atom is -0.481 e. The molecule has 1 amide bonds. The zero-order valence-corrected chi connectivity index (χ0v) is 15.9. The Bertz CT molecular complexity index is 831. The lowest BCUT2D eigenvalue weighted by atomic mass is 9.80. The number of carbonyl (C=O) groups is 2. The van der Waals surface area contributed by atoms with E-state index in [1.807, 2.05) is 42.6 Å². The van der Waals surface area contributed by atoms with Crippen molar-refractivity contribution in [3.05, 3.63) is 65.5 Å². The third-order valence-electron chi connectivity index (χ3n) is 6.27. The molecule has 0 radical (unpaired) electrons. The fraction of sp³-hybridized carbons (Fsp3) is 0.435. The number of aliphatic carboxylic acids is 1. The molecule has 5 heteroatoms. The fourth-order valence-electron chi connectivity index (χ4n) is 4.36. The Balaban J connectivity index is 1.57. The SMILES string of the molecule is O=C(O)[C@H]1CCC[C@H]1C(=O)N[C@@H](c1ccccc1)c1ccc(C2CCC2)cn1. The van der Waals surface area contributed by atoms with Gasteiger partial charge in [-0.05, 0) is 48.8 Å². The van der Waals surface area contributed by atoms with Crippen molar-refractivity contribution >= 4 is 11.9 Å². The summed E-state index contributed by atoms with van der Waals surface area (Å²) in [6, 6.07) is 13.5. The zero-order chi connectivity index (χ0) is 19.5. The van der Waals surface area contributed by atoms with Gasteiger partial charge in [0.1, 0.15) is 0 Å². The molecule has 28 heavy (non-hydrogen) atoms. The summed E-state index contributed by atoms with van der Waals surface area (Å²) in [7, 11) is 0. The molecule has 2 saturated carbocycles. The summed E-state index contributed by atoms with van der Waals surface area (Å²) in [5.41, 5.74) is 2.99. The van der Waals surface area contributed by atoms with Crippen LogP contribution < -0.4 is 5.32 Å². The highest BCUT2D eigenvalue weighted by Crippen LogP contribution is 2.36. The first kappa shape index (κ1) is 18.7. The number of carboxylic acids is 1. The van der Waals surface area contributed by atoms with Gasteiger partial charge in [-0.15, -0.1) is 0 Å². The molecule has 1 heterocycles. The minimum atomic E-state index is -0.878. The van der Waals surface area contributed by atoms with Crippen LogP contribution in [0.5, 0.6) is 0 Å². The second-order valence-electron chi connectivity index (χ2n) is 7.98. The molecule has 4 rings (SSSR count). The molecule has 1 aromatic heterocycles. The minimum absolute atomic E-state index is 0.191. The third-order valence-corrected chi connectivity index (χ3v) is 6.27. The monoisotopic (exact) mass is 378 g/mol. The Morgan fingerprint density at radius 1 is 0.964 bits per heavy atom. The number of amides is 1. The van der Waals surface area contributed by atoms with Crippen molar-refractivity contribution in [3.63, 3.8) is 0 Å². The van der Waals surface area contributed by atoms with Crippen LogP contribution in [0.1, 0.15) is 67.3 Å². The summed E-state index contributed by atoms with van der Waals surface area (Å²) in [6.45, 7) is 0. The van der Waals surface area contributed by atoms with Crippen LogP contribution in [0, 0.1) is 11.8 Å². The Morgan fingerprint density at radius 3 is 2.29 bits per heavy atom. The molecular weight excluding hydrogens is 352 g/mol. The number of hydrogen-bond donors (Lipinski definition) is 2. The van der Waals surface area contributed by atoms with Crippen molar-refractivity contribution in [1.82, 2.24) is 10.3 Å². The molecule has 0 saturated heterocycles. The van der Waals surface area contributed by atoms with Crippen LogP contribution in [-0.2, 0) is 9.59 Å². The van der Waals surface area contributed by atoms with Gasteiger partial charge in [-0.1, -0.05) is 49.2 Å². The zero-order valence-electron chi connectivity index (χ0n) is 15.9. The predicted molar refractivity (Wildman–Crippen MR) is 106 cm³/mol. The van der Waals surface area contributed by atoms with E-state index in [4.69, 9.17) is 0 Å². The number of aromatic nitrogens is 1. The van der Waals surface area contributed by atoms with Gasteiger partial charge in [-0.3, -0.25) is 14.6 Å². The molecule has 0 aliphatic heterocycles. The molecule has 2 fully saturated rings. The van der Waals surface area contributed by atoms with Gasteiger partial charge in [0.2, 0.25) is 5.91 Å². The van der Waals surface area contributed by atoms with E-state index in [2.05, 4.69) is 16.4 Å². The van der Waals surface area contributed by atoms with Crippen LogP contribution in [-0.4, -0.2) is 22.0 Å². The Morgan fingerprint density at radius 2 is 1.68 bits per heavy atom. The van der Waals surface area contributed by atoms with E-state index in [0.717, 1.165) is 17.7 Å². The quantitative estimate of drug-likeness (QED) is 0.795. The number of carboxylic acid groups (broad SMARTS) is 1. The van der Waals surface area contributed by atoms with Crippen molar-refractivity contribution in [2.24, 2.45) is 11.8 Å². The van der Waals surface area contributed by atoms with Gasteiger partial charge < -0.3 is 10.4 Å². The highest BCUT2D eigenvalue weighted by atomic mass is 16.4. The van der Waals surface area contributed by atoms with Crippen LogP contribution in [0.4, 0.5) is 0 Å². The Kier molecular flexibility index (Phi) is 5.42. The average molecular weight is 378 g/mol. The highest BCUT2D eigenvalue weighted by Gasteiger charge is 2.38. The van der Waals surface area contributed by atoms with Crippen LogP contribution in [0.15, 0.2) is 48.7 Å². The van der Waals surface area contributed by atoms with E-state index in [1.165, 1.54) is 24.8 Å². The lowest BCUT2D eigenvalue weighted by Crippen LogP contribution is -2.38. The van der Waals surface area contributed by atoms with Gasteiger partial charge in [-0.2, -0.15) is 0 Å². The molecule has 3 atom stereocenters. The smallest absolute Gasteiger partial charge is 0.307 e. The summed E-state index contributed by atoms with van der Waals surface area (Å²) in [4.78, 5) is 29.1. The van der Waals surface area contributed by atoms with Crippen molar-refractivity contribution < 1.29 is 14.7 Å². The van der Waals surface area contributed by atoms with E-state index >= 15 is 0 Å². The summed E-state index contributed by atoms with van der Waals surface area (Å²) < 4.78 is 0. The largest absolute Gasteiger partial charge is 0.481 e. The summed E-state index contributed by atoms with van der Waals surface area (Å²) in [5.74, 6) is -1.52. The molecule has 146 valence electrons. The van der Waals surface area contributed by atoms with Gasteiger partial charge in [-0.25, -0.2) is 0 Å². The second-order valence-corrected chi connectivity index (χ2v) is 7.98. The number of pyridine rings is 1. The van der Waals surface area contributed by atoms with E-state index in [9.17, 15) is 14.7 Å². The molecule has 0 spiro atoms. The van der Waals surface area contributed by atoms with Gasteiger partial charge in [0, 0.05) is 6.20 Å². The molecular formula is C23H26N2O3. The Labute approximate surface area is 165 Å². The van der Waals surface area contributed by atoms with Crippen LogP contribution in [0.25, 0.3) is 0 Å². The second kappa shape index (κ2) is 8.13. The van der Waals surface area contributed by atoms with Crippen LogP contribution >= 0.6 is 0 Å². The van der Waals surface area contributed by atoms with Crippen molar-refractivity contribution in [3.8, 4) is 0 Å². The highest BCUT2D eigenvalue weighted by molar-refractivity contribution is 5.85. The first-order valence-corrected chi connectivity index (χ1v) is 10.2. The maximum atomic E-state index is 12.9. The topological polar surface area (TPSA) is 79.3 Å². The standard InChI is InChI=1S/C23H26N2O3/c26-22(18-10-5-11-19(18)23(27)28)25-21(16-6-2-1-3-7-16)20-13-12-17(14-24-20)15-8-4-9-15/h1-3,6-7,12-15,18-19,21H,4-5,8-11H2,(H,25,26)(H,27,28)/t18-,19+,21+/m1/s1. The molecule has 2 N–H and O–H groups in total. The summed E-state index contributed by atoms with van der Waals surface area (Å²) in [6.07, 6.45) is 7.61. The van der Waals surface area contributed by atoms with E-state index in [1.54, 1.807) is 0 Å². The van der Waals surface area contributed by atoms with Gasteiger partial charge in [0.25, 0.3) is 0 Å². The van der Waals surface area contributed by atoms with Gasteiger partial charge in [0.15, 0.2) is 0 Å². The average Bonchev–Trinajstić information content (AvgIpc) is 3.16.